The molecule has 3 amide bonds. The fraction of sp³-hybridized carbons (Fsp3) is 0.421. The smallest absolute Gasteiger partial charge is 0.244 e. The minimum Gasteiger partial charge on any atom is -0.323 e. The van der Waals surface area contributed by atoms with Crippen molar-refractivity contribution in [1.82, 2.24) is 4.90 Å². The van der Waals surface area contributed by atoms with Gasteiger partial charge in [0.1, 0.15) is 6.54 Å². The van der Waals surface area contributed by atoms with Crippen molar-refractivity contribution in [3.63, 3.8) is 0 Å². The highest BCUT2D eigenvalue weighted by molar-refractivity contribution is 9.10. The molecule has 4 aliphatic carbocycles. The number of carbonyl (C=O) groups is 3. The average Bonchev–Trinajstić information content (AvgIpc) is 3.39. The monoisotopic (exact) mass is 434 g/mol. The molecule has 1 aliphatic heterocycles. The molecule has 1 heterocycles. The third kappa shape index (κ3) is 2.31. The van der Waals surface area contributed by atoms with E-state index in [4.69, 9.17) is 11.6 Å². The number of rotatable bonds is 3. The Morgan fingerprint density at radius 2 is 1.77 bits per heavy atom. The zero-order valence-electron chi connectivity index (χ0n) is 13.7. The highest BCUT2D eigenvalue weighted by atomic mass is 79.9. The molecule has 2 bridgehead atoms. The summed E-state index contributed by atoms with van der Waals surface area (Å²) >= 11 is 9.42. The van der Waals surface area contributed by atoms with Gasteiger partial charge in [-0.15, -0.1) is 0 Å². The number of nitrogens with zero attached hydrogens (tertiary/aromatic N) is 1. The van der Waals surface area contributed by atoms with E-state index in [0.717, 1.165) is 15.8 Å². The molecule has 7 heteroatoms. The van der Waals surface area contributed by atoms with Gasteiger partial charge < -0.3 is 5.32 Å². The van der Waals surface area contributed by atoms with Crippen LogP contribution in [-0.4, -0.2) is 29.2 Å². The van der Waals surface area contributed by atoms with Crippen LogP contribution in [0.3, 0.4) is 0 Å². The lowest BCUT2D eigenvalue weighted by atomic mass is 9.63. The summed E-state index contributed by atoms with van der Waals surface area (Å²) in [5.74, 6) is 0.0942. The van der Waals surface area contributed by atoms with Crippen molar-refractivity contribution in [2.45, 2.75) is 6.42 Å². The quantitative estimate of drug-likeness (QED) is 0.586. The van der Waals surface area contributed by atoms with E-state index in [1.165, 1.54) is 0 Å². The molecule has 0 radical (unpaired) electrons. The van der Waals surface area contributed by atoms with E-state index in [-0.39, 0.29) is 42.0 Å². The topological polar surface area (TPSA) is 66.5 Å². The number of carbonyl (C=O) groups excluding carboxylic acids is 3. The lowest BCUT2D eigenvalue weighted by Crippen LogP contribution is -2.40. The van der Waals surface area contributed by atoms with Crippen LogP contribution in [-0.2, 0) is 14.4 Å². The molecule has 5 nitrogen and oxygen atoms in total. The Bertz CT molecular complexity index is 850. The van der Waals surface area contributed by atoms with Gasteiger partial charge in [0, 0.05) is 4.47 Å². The van der Waals surface area contributed by atoms with Crippen molar-refractivity contribution < 1.29 is 14.4 Å². The zero-order valence-corrected chi connectivity index (χ0v) is 16.0. The highest BCUT2D eigenvalue weighted by Gasteiger charge is 2.67. The standard InChI is InChI=1S/C19H16BrClN2O3/c20-8-1-4-14(13(21)5-8)22-15(24)7-23-18(25)16-9-2-3-10(12-6-11(9)12)17(16)19(23)26/h1-5,9-12,16-17H,6-7H2,(H,22,24)/t9-,10-,11-,12+,16-,17+/m1/s1. The second kappa shape index (κ2) is 5.67. The van der Waals surface area contributed by atoms with Gasteiger partial charge in [-0.25, -0.2) is 0 Å². The van der Waals surface area contributed by atoms with Crippen LogP contribution in [0.25, 0.3) is 0 Å². The fourth-order valence-corrected chi connectivity index (χ4v) is 5.82. The minimum atomic E-state index is -0.417. The maximum atomic E-state index is 12.9. The Morgan fingerprint density at radius 1 is 1.15 bits per heavy atom. The molecule has 3 fully saturated rings. The van der Waals surface area contributed by atoms with Crippen molar-refractivity contribution in [2.24, 2.45) is 35.5 Å². The zero-order chi connectivity index (χ0) is 18.2. The van der Waals surface area contributed by atoms with Crippen LogP contribution in [0.15, 0.2) is 34.8 Å². The summed E-state index contributed by atoms with van der Waals surface area (Å²) in [6.45, 7) is -0.258. The molecule has 1 aromatic carbocycles. The molecule has 6 rings (SSSR count). The number of nitrogens with one attached hydrogen (secondary N) is 1. The van der Waals surface area contributed by atoms with Crippen molar-refractivity contribution in [1.29, 1.82) is 0 Å². The molecule has 0 spiro atoms. The summed E-state index contributed by atoms with van der Waals surface area (Å²) in [5, 5.41) is 3.08. The Hall–Kier alpha value is -1.66. The number of benzene rings is 1. The van der Waals surface area contributed by atoms with Gasteiger partial charge in [0.15, 0.2) is 0 Å². The maximum Gasteiger partial charge on any atom is 0.244 e. The third-order valence-corrected chi connectivity index (χ3v) is 7.07. The number of imide groups is 1. The number of likely N-dealkylation sites (tertiary alicyclic amines) is 1. The third-order valence-electron chi connectivity index (χ3n) is 6.26. The fourth-order valence-electron chi connectivity index (χ4n) is 5.10. The Morgan fingerprint density at radius 3 is 2.35 bits per heavy atom. The molecular weight excluding hydrogens is 420 g/mol. The van der Waals surface area contributed by atoms with E-state index in [2.05, 4.69) is 33.4 Å². The number of hydrogen-bond donors (Lipinski definition) is 1. The molecule has 6 atom stereocenters. The molecule has 5 aliphatic rings. The van der Waals surface area contributed by atoms with Crippen molar-refractivity contribution >= 4 is 50.9 Å². The summed E-state index contributed by atoms with van der Waals surface area (Å²) in [4.78, 5) is 39.3. The van der Waals surface area contributed by atoms with E-state index in [1.807, 2.05) is 0 Å². The van der Waals surface area contributed by atoms with Crippen molar-refractivity contribution in [3.05, 3.63) is 39.8 Å². The molecular formula is C19H16BrClN2O3. The lowest BCUT2D eigenvalue weighted by molar-refractivity contribution is -0.142. The molecule has 1 N–H and O–H groups in total. The molecule has 2 saturated carbocycles. The van der Waals surface area contributed by atoms with Crippen LogP contribution in [0.5, 0.6) is 0 Å². The summed E-state index contributed by atoms with van der Waals surface area (Å²) in [6, 6.07) is 5.11. The van der Waals surface area contributed by atoms with Gasteiger partial charge in [0.25, 0.3) is 0 Å². The lowest BCUT2D eigenvalue weighted by Gasteiger charge is -2.37. The molecule has 0 unspecified atom stereocenters. The van der Waals surface area contributed by atoms with Gasteiger partial charge in [-0.1, -0.05) is 39.7 Å². The first kappa shape index (κ1) is 16.5. The van der Waals surface area contributed by atoms with Gasteiger partial charge in [0.05, 0.1) is 22.5 Å². The SMILES string of the molecule is O=C(CN1C(=O)[C@@H]2[C@@H]3C=C[C@H]([C@@H]4C[C@H]34)[C@@H]2C1=O)Nc1ccc(Br)cc1Cl. The number of amides is 3. The predicted molar refractivity (Wildman–Crippen MR) is 99.2 cm³/mol. The Kier molecular flexibility index (Phi) is 3.60. The first-order chi connectivity index (χ1) is 12.5. The van der Waals surface area contributed by atoms with Crippen LogP contribution < -0.4 is 5.32 Å². The van der Waals surface area contributed by atoms with Crippen LogP contribution in [0.2, 0.25) is 5.02 Å². The van der Waals surface area contributed by atoms with Gasteiger partial charge in [-0.05, 0) is 48.3 Å². The Balaban J connectivity index is 1.33. The van der Waals surface area contributed by atoms with Crippen LogP contribution in [0.4, 0.5) is 5.69 Å². The first-order valence-electron chi connectivity index (χ1n) is 8.74. The van der Waals surface area contributed by atoms with Crippen molar-refractivity contribution in [2.75, 3.05) is 11.9 Å². The predicted octanol–water partition coefficient (Wildman–Crippen LogP) is 3.09. The van der Waals surface area contributed by atoms with E-state index in [9.17, 15) is 14.4 Å². The van der Waals surface area contributed by atoms with Crippen LogP contribution in [0, 0.1) is 35.5 Å². The maximum absolute atomic E-state index is 12.9. The summed E-state index contributed by atoms with van der Waals surface area (Å²) in [6.07, 6.45) is 5.37. The second-order valence-corrected chi connectivity index (χ2v) is 8.91. The molecule has 1 saturated heterocycles. The molecule has 134 valence electrons. The Labute approximate surface area is 163 Å². The summed E-state index contributed by atoms with van der Waals surface area (Å²) < 4.78 is 0.802. The first-order valence-corrected chi connectivity index (χ1v) is 9.91. The van der Waals surface area contributed by atoms with Crippen molar-refractivity contribution in [3.8, 4) is 0 Å². The minimum absolute atomic E-state index is 0.167. The molecule has 1 aromatic rings. The number of halogens is 2. The van der Waals surface area contributed by atoms with E-state index in [0.29, 0.717) is 22.5 Å². The highest BCUT2D eigenvalue weighted by Crippen LogP contribution is 2.65. The van der Waals surface area contributed by atoms with Gasteiger partial charge in [-0.3, -0.25) is 19.3 Å². The summed E-state index contributed by atoms with van der Waals surface area (Å²) in [5.41, 5.74) is 0.458. The normalized spacial score (nSPS) is 36.2. The second-order valence-electron chi connectivity index (χ2n) is 7.59. The van der Waals surface area contributed by atoms with E-state index >= 15 is 0 Å². The number of hydrogen-bond acceptors (Lipinski definition) is 3. The molecule has 0 aromatic heterocycles. The number of allylic oxidation sites excluding steroid dienone is 2. The molecule has 26 heavy (non-hydrogen) atoms. The largest absolute Gasteiger partial charge is 0.323 e. The van der Waals surface area contributed by atoms with Gasteiger partial charge in [-0.2, -0.15) is 0 Å². The van der Waals surface area contributed by atoms with E-state index in [1.54, 1.807) is 18.2 Å². The van der Waals surface area contributed by atoms with Crippen LogP contribution >= 0.6 is 27.5 Å². The average molecular weight is 436 g/mol. The van der Waals surface area contributed by atoms with Gasteiger partial charge >= 0.3 is 0 Å². The van der Waals surface area contributed by atoms with E-state index < -0.39 is 5.91 Å². The van der Waals surface area contributed by atoms with Crippen LogP contribution in [0.1, 0.15) is 6.42 Å². The van der Waals surface area contributed by atoms with Gasteiger partial charge in [0.2, 0.25) is 17.7 Å². The summed E-state index contributed by atoms with van der Waals surface area (Å²) in [7, 11) is 0. The number of anilines is 1.